The van der Waals surface area contributed by atoms with Crippen LogP contribution in [-0.4, -0.2) is 36.0 Å². The maximum absolute atomic E-state index is 13.1. The van der Waals surface area contributed by atoms with E-state index in [-0.39, 0.29) is 5.91 Å². The number of benzene rings is 2. The molecule has 0 saturated carbocycles. The predicted octanol–water partition coefficient (Wildman–Crippen LogP) is 4.37. The number of carbonyl (C=O) groups is 1. The van der Waals surface area contributed by atoms with Gasteiger partial charge in [0.2, 0.25) is 5.91 Å². The van der Waals surface area contributed by atoms with Gasteiger partial charge in [0.1, 0.15) is 5.75 Å². The fourth-order valence-electron chi connectivity index (χ4n) is 4.59. The number of rotatable bonds is 5. The van der Waals surface area contributed by atoms with Crippen molar-refractivity contribution in [1.29, 1.82) is 0 Å². The lowest BCUT2D eigenvalue weighted by Crippen LogP contribution is -2.46. The number of nitrogens with one attached hydrogen (secondary N) is 1. The minimum atomic E-state index is -0.519. The van der Waals surface area contributed by atoms with E-state index in [0.29, 0.717) is 11.5 Å². The van der Waals surface area contributed by atoms with E-state index in [1.807, 2.05) is 66.9 Å². The zero-order valence-electron chi connectivity index (χ0n) is 17.5. The molecule has 2 aromatic carbocycles. The van der Waals surface area contributed by atoms with Crippen LogP contribution < -0.4 is 14.8 Å². The number of anilines is 1. The summed E-state index contributed by atoms with van der Waals surface area (Å²) in [5.41, 5.74) is 2.36. The molecule has 2 aliphatic heterocycles. The van der Waals surface area contributed by atoms with E-state index in [4.69, 9.17) is 9.47 Å². The van der Waals surface area contributed by atoms with Crippen LogP contribution in [0, 0.1) is 0 Å². The molecule has 0 atom stereocenters. The number of fused-ring (bicyclic) bond motifs is 2. The van der Waals surface area contributed by atoms with E-state index in [0.717, 1.165) is 55.2 Å². The van der Waals surface area contributed by atoms with Gasteiger partial charge in [-0.25, -0.2) is 0 Å². The van der Waals surface area contributed by atoms with Crippen LogP contribution in [0.15, 0.2) is 66.9 Å². The average molecular weight is 415 g/mol. The molecule has 1 saturated heterocycles. The van der Waals surface area contributed by atoms with Crippen LogP contribution in [0.1, 0.15) is 24.1 Å². The molecule has 1 aromatic heterocycles. The van der Waals surface area contributed by atoms with Crippen LogP contribution in [0.2, 0.25) is 0 Å². The average Bonchev–Trinajstić information content (AvgIpc) is 3.06. The molecule has 6 nitrogen and oxygen atoms in total. The molecule has 0 radical (unpaired) electrons. The maximum Gasteiger partial charge on any atom is 0.235 e. The molecule has 0 unspecified atom stereocenters. The van der Waals surface area contributed by atoms with Crippen molar-refractivity contribution in [3.8, 4) is 17.2 Å². The molecule has 1 fully saturated rings. The van der Waals surface area contributed by atoms with Gasteiger partial charge >= 0.3 is 0 Å². The van der Waals surface area contributed by atoms with E-state index < -0.39 is 5.41 Å². The van der Waals surface area contributed by atoms with Crippen LogP contribution in [0.4, 0.5) is 5.69 Å². The SMILES string of the molecule is COc1cc2c(cc1Oc1ccccc1)NC(=O)C21CCN(Cc2ccccn2)CC1. The van der Waals surface area contributed by atoms with Crippen LogP contribution in [-0.2, 0) is 16.8 Å². The highest BCUT2D eigenvalue weighted by Crippen LogP contribution is 2.49. The van der Waals surface area contributed by atoms with Gasteiger partial charge in [0.15, 0.2) is 11.5 Å². The number of piperidine rings is 1. The fraction of sp³-hybridized carbons (Fsp3) is 0.280. The van der Waals surface area contributed by atoms with Crippen LogP contribution >= 0.6 is 0 Å². The second kappa shape index (κ2) is 8.04. The summed E-state index contributed by atoms with van der Waals surface area (Å²) in [4.78, 5) is 19.9. The highest BCUT2D eigenvalue weighted by Gasteiger charge is 2.49. The maximum atomic E-state index is 13.1. The zero-order chi connectivity index (χ0) is 21.3. The van der Waals surface area contributed by atoms with Gasteiger partial charge in [-0.15, -0.1) is 0 Å². The van der Waals surface area contributed by atoms with Gasteiger partial charge < -0.3 is 14.8 Å². The number of para-hydroxylation sites is 1. The standard InChI is InChI=1S/C25H25N3O3/c1-30-22-15-20-21(16-23(22)31-19-8-3-2-4-9-19)27-24(29)25(20)10-13-28(14-11-25)17-18-7-5-6-12-26-18/h2-9,12,15-16H,10-11,13-14,17H2,1H3,(H,27,29). The van der Waals surface area contributed by atoms with Crippen LogP contribution in [0.25, 0.3) is 0 Å². The van der Waals surface area contributed by atoms with Crippen molar-refractivity contribution in [3.05, 3.63) is 78.1 Å². The second-order valence-corrected chi connectivity index (χ2v) is 8.10. The summed E-state index contributed by atoms with van der Waals surface area (Å²) in [5.74, 6) is 2.02. The molecule has 1 N–H and O–H groups in total. The summed E-state index contributed by atoms with van der Waals surface area (Å²) >= 11 is 0. The van der Waals surface area contributed by atoms with E-state index >= 15 is 0 Å². The molecule has 3 aromatic rings. The predicted molar refractivity (Wildman–Crippen MR) is 119 cm³/mol. The van der Waals surface area contributed by atoms with Gasteiger partial charge in [0, 0.05) is 24.5 Å². The number of aromatic nitrogens is 1. The number of ether oxygens (including phenoxy) is 2. The lowest BCUT2D eigenvalue weighted by molar-refractivity contribution is -0.122. The summed E-state index contributed by atoms with van der Waals surface area (Å²) in [6.07, 6.45) is 3.35. The quantitative estimate of drug-likeness (QED) is 0.671. The third kappa shape index (κ3) is 3.64. The first-order chi connectivity index (χ1) is 15.2. The van der Waals surface area contributed by atoms with E-state index in [9.17, 15) is 4.79 Å². The summed E-state index contributed by atoms with van der Waals surface area (Å²) < 4.78 is 11.7. The van der Waals surface area contributed by atoms with Gasteiger partial charge in [-0.05, 0) is 61.8 Å². The Kier molecular flexibility index (Phi) is 5.08. The van der Waals surface area contributed by atoms with E-state index in [1.165, 1.54) is 0 Å². The first kappa shape index (κ1) is 19.6. The summed E-state index contributed by atoms with van der Waals surface area (Å²) in [5, 5.41) is 3.09. The Labute approximate surface area is 181 Å². The molecule has 158 valence electrons. The molecule has 3 heterocycles. The van der Waals surface area contributed by atoms with E-state index in [2.05, 4.69) is 15.2 Å². The molecule has 5 rings (SSSR count). The van der Waals surface area contributed by atoms with Crippen LogP contribution in [0.5, 0.6) is 17.2 Å². The molecule has 31 heavy (non-hydrogen) atoms. The number of hydrogen-bond donors (Lipinski definition) is 1. The highest BCUT2D eigenvalue weighted by atomic mass is 16.5. The molecule has 6 heteroatoms. The van der Waals surface area contributed by atoms with Gasteiger partial charge in [0.05, 0.1) is 18.2 Å². The Bertz CT molecular complexity index is 1080. The number of hydrogen-bond acceptors (Lipinski definition) is 5. The third-order valence-corrected chi connectivity index (χ3v) is 6.29. The number of likely N-dealkylation sites (tertiary alicyclic amines) is 1. The van der Waals surface area contributed by atoms with Gasteiger partial charge in [-0.3, -0.25) is 14.7 Å². The number of methoxy groups -OCH3 is 1. The van der Waals surface area contributed by atoms with Crippen molar-refractivity contribution < 1.29 is 14.3 Å². The summed E-state index contributed by atoms with van der Waals surface area (Å²) in [7, 11) is 1.63. The molecule has 1 amide bonds. The van der Waals surface area contributed by atoms with Crippen molar-refractivity contribution in [2.45, 2.75) is 24.8 Å². The Balaban J connectivity index is 1.39. The van der Waals surface area contributed by atoms with E-state index in [1.54, 1.807) is 7.11 Å². The van der Waals surface area contributed by atoms with Crippen molar-refractivity contribution in [2.75, 3.05) is 25.5 Å². The molecule has 2 aliphatic rings. The molecular formula is C25H25N3O3. The zero-order valence-corrected chi connectivity index (χ0v) is 17.5. The fourth-order valence-corrected chi connectivity index (χ4v) is 4.59. The second-order valence-electron chi connectivity index (χ2n) is 8.10. The molecule has 0 bridgehead atoms. The van der Waals surface area contributed by atoms with Crippen molar-refractivity contribution in [3.63, 3.8) is 0 Å². The molecule has 1 spiro atoms. The van der Waals surface area contributed by atoms with Gasteiger partial charge in [-0.1, -0.05) is 24.3 Å². The Morgan fingerprint density at radius 3 is 2.52 bits per heavy atom. The summed E-state index contributed by atoms with van der Waals surface area (Å²) in [6, 6.07) is 19.4. The number of nitrogens with zero attached hydrogens (tertiary/aromatic N) is 2. The Morgan fingerprint density at radius 2 is 1.81 bits per heavy atom. The minimum Gasteiger partial charge on any atom is -0.493 e. The number of carbonyl (C=O) groups excluding carboxylic acids is 1. The van der Waals surface area contributed by atoms with Crippen molar-refractivity contribution in [2.24, 2.45) is 0 Å². The van der Waals surface area contributed by atoms with Gasteiger partial charge in [-0.2, -0.15) is 0 Å². The van der Waals surface area contributed by atoms with Crippen LogP contribution in [0.3, 0.4) is 0 Å². The lowest BCUT2D eigenvalue weighted by Gasteiger charge is -2.38. The Hall–Kier alpha value is -3.38. The lowest BCUT2D eigenvalue weighted by atomic mass is 9.73. The smallest absolute Gasteiger partial charge is 0.235 e. The summed E-state index contributed by atoms with van der Waals surface area (Å²) in [6.45, 7) is 2.49. The largest absolute Gasteiger partial charge is 0.493 e. The minimum absolute atomic E-state index is 0.0684. The number of pyridine rings is 1. The monoisotopic (exact) mass is 415 g/mol. The molecule has 0 aliphatic carbocycles. The normalized spacial score (nSPS) is 17.3. The van der Waals surface area contributed by atoms with Crippen molar-refractivity contribution in [1.82, 2.24) is 9.88 Å². The molecular weight excluding hydrogens is 390 g/mol. The van der Waals surface area contributed by atoms with Gasteiger partial charge in [0.25, 0.3) is 0 Å². The topological polar surface area (TPSA) is 63.7 Å². The third-order valence-electron chi connectivity index (χ3n) is 6.29. The Morgan fingerprint density at radius 1 is 1.03 bits per heavy atom. The van der Waals surface area contributed by atoms with Crippen molar-refractivity contribution >= 4 is 11.6 Å². The highest BCUT2D eigenvalue weighted by molar-refractivity contribution is 6.06. The number of amides is 1. The first-order valence-electron chi connectivity index (χ1n) is 10.6. The first-order valence-corrected chi connectivity index (χ1v) is 10.6.